The first kappa shape index (κ1) is 19.9. The van der Waals surface area contributed by atoms with Crippen molar-refractivity contribution < 1.29 is 14.3 Å². The van der Waals surface area contributed by atoms with Crippen LogP contribution in [0.1, 0.15) is 27.3 Å². The van der Waals surface area contributed by atoms with E-state index in [4.69, 9.17) is 21.1 Å². The second-order valence-electron chi connectivity index (χ2n) is 5.57. The van der Waals surface area contributed by atoms with Crippen LogP contribution in [0.5, 0.6) is 11.5 Å². The Kier molecular flexibility index (Phi) is 6.62. The van der Waals surface area contributed by atoms with Gasteiger partial charge in [0, 0.05) is 5.69 Å². The normalized spacial score (nSPS) is 11.2. The maximum absolute atomic E-state index is 12.3. The highest BCUT2D eigenvalue weighted by Gasteiger charge is 2.15. The first-order valence-electron chi connectivity index (χ1n) is 8.49. The third-order valence-electron chi connectivity index (χ3n) is 3.64. The molecule has 28 heavy (non-hydrogen) atoms. The van der Waals surface area contributed by atoms with Crippen molar-refractivity contribution >= 4 is 45.6 Å². The zero-order chi connectivity index (χ0) is 19.9. The third kappa shape index (κ3) is 4.88. The predicted molar refractivity (Wildman–Crippen MR) is 112 cm³/mol. The first-order valence-corrected chi connectivity index (χ1v) is 9.68. The average molecular weight is 416 g/mol. The lowest BCUT2D eigenvalue weighted by Crippen LogP contribution is -2.11. The molecule has 1 aromatic heterocycles. The standard InChI is InChI=1S/C20H18ClN3O3S/c1-3-27-16-10-9-13(12-17(16)26-2)11-15(21)19-23-24-20(28-19)18(25)22-14-7-5-4-6-8-14/h4-12H,3H2,1-2H3,(H,22,25)/b15-11-. The molecule has 0 aliphatic carbocycles. The van der Waals surface area contributed by atoms with Crippen LogP contribution < -0.4 is 14.8 Å². The van der Waals surface area contributed by atoms with Crippen LogP contribution in [0.15, 0.2) is 48.5 Å². The van der Waals surface area contributed by atoms with Crippen LogP contribution in [0.4, 0.5) is 5.69 Å². The van der Waals surface area contributed by atoms with Gasteiger partial charge < -0.3 is 14.8 Å². The number of hydrogen-bond donors (Lipinski definition) is 1. The van der Waals surface area contributed by atoms with E-state index >= 15 is 0 Å². The van der Waals surface area contributed by atoms with Crippen LogP contribution >= 0.6 is 22.9 Å². The summed E-state index contributed by atoms with van der Waals surface area (Å²) in [7, 11) is 1.58. The van der Waals surface area contributed by atoms with Gasteiger partial charge in [-0.2, -0.15) is 0 Å². The Morgan fingerprint density at radius 1 is 1.14 bits per heavy atom. The quantitative estimate of drug-likeness (QED) is 0.592. The number of ether oxygens (including phenoxy) is 2. The van der Waals surface area contributed by atoms with E-state index in [-0.39, 0.29) is 10.9 Å². The molecule has 2 aromatic carbocycles. The Balaban J connectivity index is 1.76. The van der Waals surface area contributed by atoms with Crippen molar-refractivity contribution in [2.24, 2.45) is 0 Å². The van der Waals surface area contributed by atoms with E-state index in [2.05, 4.69) is 15.5 Å². The summed E-state index contributed by atoms with van der Waals surface area (Å²) in [5, 5.41) is 11.8. The lowest BCUT2D eigenvalue weighted by atomic mass is 10.2. The van der Waals surface area contributed by atoms with Crippen molar-refractivity contribution in [1.29, 1.82) is 0 Å². The molecule has 0 fully saturated rings. The van der Waals surface area contributed by atoms with Gasteiger partial charge in [-0.05, 0) is 42.8 Å². The molecule has 0 radical (unpaired) electrons. The van der Waals surface area contributed by atoms with Gasteiger partial charge >= 0.3 is 0 Å². The van der Waals surface area contributed by atoms with Crippen molar-refractivity contribution in [1.82, 2.24) is 10.2 Å². The second-order valence-corrected chi connectivity index (χ2v) is 6.95. The summed E-state index contributed by atoms with van der Waals surface area (Å²) in [5.74, 6) is 0.941. The van der Waals surface area contributed by atoms with E-state index in [1.807, 2.05) is 43.3 Å². The summed E-state index contributed by atoms with van der Waals surface area (Å²) in [6, 6.07) is 14.6. The number of carbonyl (C=O) groups excluding carboxylic acids is 1. The van der Waals surface area contributed by atoms with E-state index in [0.29, 0.717) is 33.8 Å². The van der Waals surface area contributed by atoms with Gasteiger partial charge in [-0.1, -0.05) is 47.2 Å². The molecule has 0 atom stereocenters. The maximum Gasteiger partial charge on any atom is 0.286 e. The molecule has 0 saturated carbocycles. The molecular formula is C20H18ClN3O3S. The zero-order valence-corrected chi connectivity index (χ0v) is 16.9. The molecule has 1 heterocycles. The van der Waals surface area contributed by atoms with E-state index in [0.717, 1.165) is 16.9 Å². The number of para-hydroxylation sites is 1. The number of aromatic nitrogens is 2. The van der Waals surface area contributed by atoms with Gasteiger partial charge in [-0.15, -0.1) is 10.2 Å². The average Bonchev–Trinajstić information content (AvgIpc) is 3.21. The number of hydrogen-bond acceptors (Lipinski definition) is 6. The smallest absolute Gasteiger partial charge is 0.286 e. The lowest BCUT2D eigenvalue weighted by molar-refractivity contribution is 0.102. The summed E-state index contributed by atoms with van der Waals surface area (Å²) in [6.07, 6.45) is 1.74. The Morgan fingerprint density at radius 2 is 1.89 bits per heavy atom. The van der Waals surface area contributed by atoms with Gasteiger partial charge in [-0.25, -0.2) is 0 Å². The fourth-order valence-corrected chi connectivity index (χ4v) is 3.30. The van der Waals surface area contributed by atoms with Crippen molar-refractivity contribution in [3.05, 3.63) is 64.1 Å². The summed E-state index contributed by atoms with van der Waals surface area (Å²) in [5.41, 5.74) is 1.50. The highest BCUT2D eigenvalue weighted by molar-refractivity contribution is 7.15. The Bertz CT molecular complexity index is 989. The van der Waals surface area contributed by atoms with Gasteiger partial charge in [0.2, 0.25) is 5.01 Å². The molecule has 6 nitrogen and oxygen atoms in total. The van der Waals surface area contributed by atoms with Crippen molar-refractivity contribution in [3.8, 4) is 11.5 Å². The number of methoxy groups -OCH3 is 1. The van der Waals surface area contributed by atoms with Gasteiger partial charge in [-0.3, -0.25) is 4.79 Å². The van der Waals surface area contributed by atoms with E-state index in [9.17, 15) is 4.79 Å². The third-order valence-corrected chi connectivity index (χ3v) is 4.99. The molecule has 0 aliphatic heterocycles. The van der Waals surface area contributed by atoms with Gasteiger partial charge in [0.15, 0.2) is 16.5 Å². The molecule has 3 rings (SSSR count). The molecule has 0 spiro atoms. The van der Waals surface area contributed by atoms with Gasteiger partial charge in [0.05, 0.1) is 18.7 Å². The minimum absolute atomic E-state index is 0.231. The lowest BCUT2D eigenvalue weighted by Gasteiger charge is -2.09. The van der Waals surface area contributed by atoms with Crippen LogP contribution in [0, 0.1) is 0 Å². The minimum atomic E-state index is -0.331. The number of halogens is 1. The van der Waals surface area contributed by atoms with E-state index < -0.39 is 0 Å². The molecule has 0 unspecified atom stereocenters. The molecule has 0 saturated heterocycles. The van der Waals surface area contributed by atoms with Crippen LogP contribution in [0.25, 0.3) is 11.1 Å². The monoisotopic (exact) mass is 415 g/mol. The topological polar surface area (TPSA) is 73.3 Å². The fourth-order valence-electron chi connectivity index (χ4n) is 2.37. The van der Waals surface area contributed by atoms with Crippen molar-refractivity contribution in [3.63, 3.8) is 0 Å². The summed E-state index contributed by atoms with van der Waals surface area (Å²) >= 11 is 7.50. The van der Waals surface area contributed by atoms with Crippen molar-refractivity contribution in [2.45, 2.75) is 6.92 Å². The number of rotatable bonds is 7. The van der Waals surface area contributed by atoms with Crippen molar-refractivity contribution in [2.75, 3.05) is 19.0 Å². The largest absolute Gasteiger partial charge is 0.493 e. The van der Waals surface area contributed by atoms with E-state index in [1.165, 1.54) is 0 Å². The molecular weight excluding hydrogens is 398 g/mol. The predicted octanol–water partition coefficient (Wildman–Crippen LogP) is 4.93. The Morgan fingerprint density at radius 3 is 2.61 bits per heavy atom. The number of anilines is 1. The summed E-state index contributed by atoms with van der Waals surface area (Å²) < 4.78 is 10.8. The Hall–Kier alpha value is -2.90. The van der Waals surface area contributed by atoms with E-state index in [1.54, 1.807) is 25.3 Å². The van der Waals surface area contributed by atoms with Gasteiger partial charge in [0.25, 0.3) is 5.91 Å². The second kappa shape index (κ2) is 9.34. The van der Waals surface area contributed by atoms with Crippen LogP contribution in [0.3, 0.4) is 0 Å². The molecule has 144 valence electrons. The SMILES string of the molecule is CCOc1ccc(/C=C(\Cl)c2nnc(C(=O)Nc3ccccc3)s2)cc1OC. The minimum Gasteiger partial charge on any atom is -0.493 e. The summed E-state index contributed by atoms with van der Waals surface area (Å²) in [6.45, 7) is 2.45. The summed E-state index contributed by atoms with van der Waals surface area (Å²) in [4.78, 5) is 12.3. The molecule has 1 N–H and O–H groups in total. The molecule has 0 aliphatic rings. The number of amides is 1. The number of carbonyl (C=O) groups is 1. The molecule has 3 aromatic rings. The number of benzene rings is 2. The fraction of sp³-hybridized carbons (Fsp3) is 0.150. The van der Waals surface area contributed by atoms with Crippen LogP contribution in [-0.2, 0) is 0 Å². The Labute approximate surface area is 171 Å². The highest BCUT2D eigenvalue weighted by atomic mass is 35.5. The number of nitrogens with one attached hydrogen (secondary N) is 1. The molecule has 1 amide bonds. The highest BCUT2D eigenvalue weighted by Crippen LogP contribution is 2.31. The first-order chi connectivity index (χ1) is 13.6. The molecule has 0 bridgehead atoms. The molecule has 8 heteroatoms. The van der Waals surface area contributed by atoms with Crippen LogP contribution in [-0.4, -0.2) is 29.8 Å². The number of nitrogens with zero attached hydrogens (tertiary/aromatic N) is 2. The van der Waals surface area contributed by atoms with Crippen LogP contribution in [0.2, 0.25) is 0 Å². The zero-order valence-electron chi connectivity index (χ0n) is 15.3. The van der Waals surface area contributed by atoms with Gasteiger partial charge in [0.1, 0.15) is 0 Å². The maximum atomic E-state index is 12.3.